The summed E-state index contributed by atoms with van der Waals surface area (Å²) in [6, 6.07) is 0. The molecule has 2 fully saturated rings. The molecule has 2 aliphatic carbocycles. The molecule has 0 bridgehead atoms. The number of carbonyl (C=O) groups excluding carboxylic acids is 1. The van der Waals surface area contributed by atoms with Crippen LogP contribution in [0, 0.1) is 17.8 Å². The first-order chi connectivity index (χ1) is 9.29. The molecule has 108 valence electrons. The van der Waals surface area contributed by atoms with Gasteiger partial charge in [0.25, 0.3) is 0 Å². The molecular weight excluding hydrogens is 239 g/mol. The van der Waals surface area contributed by atoms with Crippen molar-refractivity contribution in [2.45, 2.75) is 64.2 Å². The number of rotatable bonds is 5. The molecule has 0 aromatic carbocycles. The van der Waals surface area contributed by atoms with Gasteiger partial charge in [0.05, 0.1) is 0 Å². The Balaban J connectivity index is 1.64. The standard InChI is InChI=1S/C17H27FO/c18-13-3-1-2-4-14-5-7-15(8-6-14)16-9-11-17(19)12-10-16/h1,3,14-16H,2,4-13H2/b3-1+. The van der Waals surface area contributed by atoms with Gasteiger partial charge in [0.1, 0.15) is 12.5 Å². The van der Waals surface area contributed by atoms with Gasteiger partial charge in [0.2, 0.25) is 0 Å². The fraction of sp³-hybridized carbons (Fsp3) is 0.824. The summed E-state index contributed by atoms with van der Waals surface area (Å²) in [4.78, 5) is 11.3. The predicted octanol–water partition coefficient (Wildman–Crippen LogP) is 4.86. The molecular formula is C17H27FO. The number of hydrogen-bond acceptors (Lipinski definition) is 1. The second kappa shape index (κ2) is 7.81. The van der Waals surface area contributed by atoms with Crippen LogP contribution in [0.5, 0.6) is 0 Å². The summed E-state index contributed by atoms with van der Waals surface area (Å²) in [6.07, 6.45) is 15.2. The number of Topliss-reactive ketones (excluding diaryl/α,β-unsaturated/α-hetero) is 1. The Kier molecular flexibility index (Phi) is 6.06. The van der Waals surface area contributed by atoms with Gasteiger partial charge in [-0.25, -0.2) is 4.39 Å². The van der Waals surface area contributed by atoms with E-state index in [2.05, 4.69) is 0 Å². The van der Waals surface area contributed by atoms with E-state index in [1.165, 1.54) is 32.1 Å². The van der Waals surface area contributed by atoms with Gasteiger partial charge in [-0.15, -0.1) is 0 Å². The molecule has 0 aromatic heterocycles. The maximum atomic E-state index is 11.9. The zero-order valence-electron chi connectivity index (χ0n) is 12.0. The highest BCUT2D eigenvalue weighted by Gasteiger charge is 2.29. The molecule has 2 aliphatic rings. The minimum atomic E-state index is -0.326. The number of allylic oxidation sites excluding steroid dienone is 2. The van der Waals surface area contributed by atoms with E-state index in [1.807, 2.05) is 6.08 Å². The van der Waals surface area contributed by atoms with Gasteiger partial charge in [0, 0.05) is 12.8 Å². The molecule has 0 heterocycles. The van der Waals surface area contributed by atoms with Crippen molar-refractivity contribution in [3.8, 4) is 0 Å². The summed E-state index contributed by atoms with van der Waals surface area (Å²) in [7, 11) is 0. The van der Waals surface area contributed by atoms with Gasteiger partial charge in [-0.1, -0.05) is 25.0 Å². The van der Waals surface area contributed by atoms with Crippen LogP contribution in [0.15, 0.2) is 12.2 Å². The number of carbonyl (C=O) groups is 1. The third kappa shape index (κ3) is 4.74. The first-order valence-corrected chi connectivity index (χ1v) is 8.02. The van der Waals surface area contributed by atoms with Crippen LogP contribution < -0.4 is 0 Å². The van der Waals surface area contributed by atoms with Crippen LogP contribution in [0.25, 0.3) is 0 Å². The molecule has 0 radical (unpaired) electrons. The molecule has 1 nitrogen and oxygen atoms in total. The normalized spacial score (nSPS) is 30.1. The minimum absolute atomic E-state index is 0.326. The van der Waals surface area contributed by atoms with Crippen LogP contribution >= 0.6 is 0 Å². The molecule has 19 heavy (non-hydrogen) atoms. The molecule has 0 aliphatic heterocycles. The van der Waals surface area contributed by atoms with Crippen molar-refractivity contribution in [2.75, 3.05) is 6.67 Å². The van der Waals surface area contributed by atoms with Crippen LogP contribution in [-0.2, 0) is 4.79 Å². The highest BCUT2D eigenvalue weighted by atomic mass is 19.1. The second-order valence-corrected chi connectivity index (χ2v) is 6.36. The monoisotopic (exact) mass is 266 g/mol. The van der Waals surface area contributed by atoms with E-state index in [0.717, 1.165) is 49.9 Å². The lowest BCUT2D eigenvalue weighted by Crippen LogP contribution is -2.25. The van der Waals surface area contributed by atoms with E-state index < -0.39 is 0 Å². The number of ketones is 1. The van der Waals surface area contributed by atoms with Crippen molar-refractivity contribution >= 4 is 5.78 Å². The summed E-state index contributed by atoms with van der Waals surface area (Å²) >= 11 is 0. The molecule has 2 rings (SSSR count). The van der Waals surface area contributed by atoms with Crippen LogP contribution in [0.2, 0.25) is 0 Å². The minimum Gasteiger partial charge on any atom is -0.300 e. The largest absolute Gasteiger partial charge is 0.300 e. The van der Waals surface area contributed by atoms with Gasteiger partial charge in [-0.2, -0.15) is 0 Å². The lowest BCUT2D eigenvalue weighted by Gasteiger charge is -2.35. The Morgan fingerprint density at radius 2 is 1.58 bits per heavy atom. The third-order valence-corrected chi connectivity index (χ3v) is 5.14. The Hall–Kier alpha value is -0.660. The van der Waals surface area contributed by atoms with Crippen molar-refractivity contribution < 1.29 is 9.18 Å². The third-order valence-electron chi connectivity index (χ3n) is 5.14. The second-order valence-electron chi connectivity index (χ2n) is 6.36. The van der Waals surface area contributed by atoms with Crippen LogP contribution in [-0.4, -0.2) is 12.5 Å². The van der Waals surface area contributed by atoms with E-state index in [0.29, 0.717) is 5.78 Å². The molecule has 0 unspecified atom stereocenters. The Morgan fingerprint density at radius 3 is 2.21 bits per heavy atom. The Labute approximate surface area is 116 Å². The topological polar surface area (TPSA) is 17.1 Å². The SMILES string of the molecule is O=C1CCC(C2CCC(CC/C=C/CF)CC2)CC1. The lowest BCUT2D eigenvalue weighted by molar-refractivity contribution is -0.121. The predicted molar refractivity (Wildman–Crippen MR) is 76.8 cm³/mol. The van der Waals surface area contributed by atoms with Crippen molar-refractivity contribution in [1.29, 1.82) is 0 Å². The maximum Gasteiger partial charge on any atom is 0.132 e. The van der Waals surface area contributed by atoms with Crippen molar-refractivity contribution in [3.63, 3.8) is 0 Å². The lowest BCUT2D eigenvalue weighted by atomic mass is 9.70. The highest BCUT2D eigenvalue weighted by molar-refractivity contribution is 5.79. The van der Waals surface area contributed by atoms with E-state index in [1.54, 1.807) is 6.08 Å². The fourth-order valence-corrected chi connectivity index (χ4v) is 3.89. The maximum absolute atomic E-state index is 11.9. The zero-order chi connectivity index (χ0) is 13.5. The van der Waals surface area contributed by atoms with E-state index in [9.17, 15) is 9.18 Å². The zero-order valence-corrected chi connectivity index (χ0v) is 12.0. The molecule has 2 heteroatoms. The van der Waals surface area contributed by atoms with Crippen molar-refractivity contribution in [1.82, 2.24) is 0 Å². The Bertz CT molecular complexity index is 292. The molecule has 0 saturated heterocycles. The first kappa shape index (κ1) is 14.7. The molecule has 0 atom stereocenters. The average Bonchev–Trinajstić information content (AvgIpc) is 2.45. The van der Waals surface area contributed by atoms with Crippen molar-refractivity contribution in [2.24, 2.45) is 17.8 Å². The van der Waals surface area contributed by atoms with Gasteiger partial charge in [-0.05, 0) is 56.3 Å². The van der Waals surface area contributed by atoms with Gasteiger partial charge < -0.3 is 0 Å². The van der Waals surface area contributed by atoms with Crippen molar-refractivity contribution in [3.05, 3.63) is 12.2 Å². The van der Waals surface area contributed by atoms with Crippen LogP contribution in [0.1, 0.15) is 64.2 Å². The summed E-state index contributed by atoms with van der Waals surface area (Å²) in [5, 5.41) is 0. The van der Waals surface area contributed by atoms with Gasteiger partial charge in [0.15, 0.2) is 0 Å². The molecule has 2 saturated carbocycles. The summed E-state index contributed by atoms with van der Waals surface area (Å²) in [6.45, 7) is -0.326. The Morgan fingerprint density at radius 1 is 0.947 bits per heavy atom. The smallest absolute Gasteiger partial charge is 0.132 e. The molecule has 0 N–H and O–H groups in total. The highest BCUT2D eigenvalue weighted by Crippen LogP contribution is 2.40. The van der Waals surface area contributed by atoms with E-state index >= 15 is 0 Å². The van der Waals surface area contributed by atoms with Crippen LogP contribution in [0.3, 0.4) is 0 Å². The first-order valence-electron chi connectivity index (χ1n) is 8.02. The summed E-state index contributed by atoms with van der Waals surface area (Å²) in [5.41, 5.74) is 0. The summed E-state index contributed by atoms with van der Waals surface area (Å²) in [5.74, 6) is 3.03. The average molecular weight is 266 g/mol. The molecule has 0 spiro atoms. The number of halogens is 1. The fourth-order valence-electron chi connectivity index (χ4n) is 3.89. The van der Waals surface area contributed by atoms with Gasteiger partial charge >= 0.3 is 0 Å². The van der Waals surface area contributed by atoms with E-state index in [4.69, 9.17) is 0 Å². The van der Waals surface area contributed by atoms with E-state index in [-0.39, 0.29) is 6.67 Å². The molecule has 0 aromatic rings. The molecule has 0 amide bonds. The quantitative estimate of drug-likeness (QED) is 0.650. The summed E-state index contributed by atoms with van der Waals surface area (Å²) < 4.78 is 11.9. The number of hydrogen-bond donors (Lipinski definition) is 0. The number of alkyl halides is 1. The van der Waals surface area contributed by atoms with Crippen LogP contribution in [0.4, 0.5) is 4.39 Å². The van der Waals surface area contributed by atoms with Gasteiger partial charge in [-0.3, -0.25) is 4.79 Å².